The van der Waals surface area contributed by atoms with Gasteiger partial charge in [0.1, 0.15) is 0 Å². The zero-order valence-corrected chi connectivity index (χ0v) is 9.30. The third-order valence-electron chi connectivity index (χ3n) is 1.91. The SMILES string of the molecule is O=C(Cl)c1cc([N+](=O)[O-])c(C(F)F)nc1C(F)(F)F. The van der Waals surface area contributed by atoms with Crippen LogP contribution in [-0.2, 0) is 6.18 Å². The Morgan fingerprint density at radius 1 is 1.42 bits per heavy atom. The van der Waals surface area contributed by atoms with E-state index >= 15 is 0 Å². The highest BCUT2D eigenvalue weighted by molar-refractivity contribution is 6.67. The molecule has 0 spiro atoms. The number of aromatic nitrogens is 1. The van der Waals surface area contributed by atoms with E-state index in [0.717, 1.165) is 0 Å². The number of carbonyl (C=O) groups excluding carboxylic acids is 1. The van der Waals surface area contributed by atoms with Crippen molar-refractivity contribution in [2.75, 3.05) is 0 Å². The molecule has 0 aliphatic rings. The molecule has 5 nitrogen and oxygen atoms in total. The van der Waals surface area contributed by atoms with Crippen molar-refractivity contribution in [2.24, 2.45) is 0 Å². The number of carbonyl (C=O) groups is 1. The molecular weight excluding hydrogens is 303 g/mol. The fourth-order valence-electron chi connectivity index (χ4n) is 1.19. The van der Waals surface area contributed by atoms with Crippen LogP contribution in [0.15, 0.2) is 6.07 Å². The average molecular weight is 305 g/mol. The molecule has 0 unspecified atom stereocenters. The van der Waals surface area contributed by atoms with Gasteiger partial charge in [-0.05, 0) is 11.6 Å². The van der Waals surface area contributed by atoms with Gasteiger partial charge in [-0.1, -0.05) is 0 Å². The van der Waals surface area contributed by atoms with Gasteiger partial charge in [-0.15, -0.1) is 0 Å². The van der Waals surface area contributed by atoms with E-state index in [4.69, 9.17) is 11.6 Å². The molecule has 1 aromatic rings. The minimum atomic E-state index is -5.25. The first-order valence-electron chi connectivity index (χ1n) is 4.30. The van der Waals surface area contributed by atoms with E-state index < -0.39 is 45.4 Å². The van der Waals surface area contributed by atoms with Crippen LogP contribution in [0.2, 0.25) is 0 Å². The first-order chi connectivity index (χ1) is 8.55. The third kappa shape index (κ3) is 3.13. The van der Waals surface area contributed by atoms with Gasteiger partial charge in [0, 0.05) is 6.07 Å². The summed E-state index contributed by atoms with van der Waals surface area (Å²) in [6, 6.07) is 0.0344. The van der Waals surface area contributed by atoms with Crippen LogP contribution in [0.5, 0.6) is 0 Å². The summed E-state index contributed by atoms with van der Waals surface area (Å²) in [6.45, 7) is 0. The Morgan fingerprint density at radius 2 is 1.95 bits per heavy atom. The van der Waals surface area contributed by atoms with Crippen molar-refractivity contribution in [2.45, 2.75) is 12.6 Å². The second-order valence-corrected chi connectivity index (χ2v) is 3.46. The lowest BCUT2D eigenvalue weighted by Gasteiger charge is -2.11. The predicted octanol–water partition coefficient (Wildman–Crippen LogP) is 3.33. The summed E-state index contributed by atoms with van der Waals surface area (Å²) < 4.78 is 62.4. The number of nitro groups is 1. The molecule has 11 heteroatoms. The molecule has 0 bridgehead atoms. The van der Waals surface area contributed by atoms with Crippen LogP contribution in [0.4, 0.5) is 27.6 Å². The summed E-state index contributed by atoms with van der Waals surface area (Å²) >= 11 is 4.83. The van der Waals surface area contributed by atoms with Gasteiger partial charge in [0.05, 0.1) is 10.5 Å². The van der Waals surface area contributed by atoms with Crippen molar-refractivity contribution in [3.63, 3.8) is 0 Å². The highest BCUT2D eigenvalue weighted by Gasteiger charge is 2.40. The maximum atomic E-state index is 12.5. The Kier molecular flexibility index (Phi) is 4.03. The Balaban J connectivity index is 3.70. The lowest BCUT2D eigenvalue weighted by molar-refractivity contribution is -0.386. The number of halogens is 6. The molecule has 0 N–H and O–H groups in total. The van der Waals surface area contributed by atoms with Crippen LogP contribution >= 0.6 is 11.6 Å². The standard InChI is InChI=1S/C8H2ClF5N2O3/c9-6(17)2-1-3(16(18)19)4(7(10)11)15-5(2)8(12,13)14/h1,7H. The Hall–Kier alpha value is -1.84. The summed E-state index contributed by atoms with van der Waals surface area (Å²) in [4.78, 5) is 22.3. The molecule has 0 amide bonds. The molecule has 1 aromatic heterocycles. The average Bonchev–Trinajstić information content (AvgIpc) is 2.25. The molecule has 104 valence electrons. The van der Waals surface area contributed by atoms with Gasteiger partial charge in [-0.25, -0.2) is 13.8 Å². The van der Waals surface area contributed by atoms with E-state index in [2.05, 4.69) is 4.98 Å². The van der Waals surface area contributed by atoms with E-state index in [9.17, 15) is 36.9 Å². The number of alkyl halides is 5. The first kappa shape index (κ1) is 15.2. The lowest BCUT2D eigenvalue weighted by atomic mass is 10.1. The van der Waals surface area contributed by atoms with Gasteiger partial charge < -0.3 is 0 Å². The molecule has 0 aliphatic heterocycles. The Bertz CT molecular complexity index is 546. The van der Waals surface area contributed by atoms with Crippen LogP contribution in [0.3, 0.4) is 0 Å². The summed E-state index contributed by atoms with van der Waals surface area (Å²) in [7, 11) is 0. The van der Waals surface area contributed by atoms with Crippen LogP contribution in [0.25, 0.3) is 0 Å². The maximum Gasteiger partial charge on any atom is 0.434 e. The summed E-state index contributed by atoms with van der Waals surface area (Å²) in [5.74, 6) is 0. The largest absolute Gasteiger partial charge is 0.434 e. The highest BCUT2D eigenvalue weighted by Crippen LogP contribution is 2.36. The molecule has 1 heterocycles. The van der Waals surface area contributed by atoms with Gasteiger partial charge in [-0.2, -0.15) is 13.2 Å². The van der Waals surface area contributed by atoms with E-state index in [1.807, 2.05) is 0 Å². The topological polar surface area (TPSA) is 73.1 Å². The second kappa shape index (κ2) is 5.03. The smallest absolute Gasteiger partial charge is 0.276 e. The van der Waals surface area contributed by atoms with E-state index in [1.165, 1.54) is 0 Å². The van der Waals surface area contributed by atoms with Gasteiger partial charge in [-0.3, -0.25) is 14.9 Å². The van der Waals surface area contributed by atoms with Crippen molar-refractivity contribution in [3.8, 4) is 0 Å². The van der Waals surface area contributed by atoms with Gasteiger partial charge in [0.25, 0.3) is 17.4 Å². The molecular formula is C8H2ClF5N2O3. The zero-order chi connectivity index (χ0) is 15.0. The van der Waals surface area contributed by atoms with Crippen molar-refractivity contribution >= 4 is 22.5 Å². The van der Waals surface area contributed by atoms with E-state index in [1.54, 1.807) is 0 Å². The fraction of sp³-hybridized carbons (Fsp3) is 0.250. The lowest BCUT2D eigenvalue weighted by Crippen LogP contribution is -2.16. The molecule has 0 atom stereocenters. The molecule has 0 fully saturated rings. The molecule has 0 aliphatic carbocycles. The van der Waals surface area contributed by atoms with Crippen LogP contribution in [-0.4, -0.2) is 15.1 Å². The molecule has 0 radical (unpaired) electrons. The zero-order valence-electron chi connectivity index (χ0n) is 8.54. The number of nitrogens with zero attached hydrogens (tertiary/aromatic N) is 2. The van der Waals surface area contributed by atoms with Gasteiger partial charge >= 0.3 is 6.18 Å². The number of pyridine rings is 1. The molecule has 19 heavy (non-hydrogen) atoms. The van der Waals surface area contributed by atoms with Crippen molar-refractivity contribution < 1.29 is 31.7 Å². The number of hydrogen-bond acceptors (Lipinski definition) is 4. The van der Waals surface area contributed by atoms with E-state index in [0.29, 0.717) is 0 Å². The predicted molar refractivity (Wildman–Crippen MR) is 51.0 cm³/mol. The Labute approximate surface area is 106 Å². The minimum absolute atomic E-state index is 0.0344. The van der Waals surface area contributed by atoms with E-state index in [-0.39, 0.29) is 6.07 Å². The number of hydrogen-bond donors (Lipinski definition) is 0. The maximum absolute atomic E-state index is 12.5. The van der Waals surface area contributed by atoms with Crippen LogP contribution in [0, 0.1) is 10.1 Å². The third-order valence-corrected chi connectivity index (χ3v) is 2.12. The normalized spacial score (nSPS) is 11.7. The van der Waals surface area contributed by atoms with Crippen molar-refractivity contribution in [1.82, 2.24) is 4.98 Å². The fourth-order valence-corrected chi connectivity index (χ4v) is 1.33. The first-order valence-corrected chi connectivity index (χ1v) is 4.68. The summed E-state index contributed by atoms with van der Waals surface area (Å²) in [5, 5.41) is 8.77. The van der Waals surface area contributed by atoms with Gasteiger partial charge in [0.2, 0.25) is 0 Å². The van der Waals surface area contributed by atoms with Crippen LogP contribution in [0.1, 0.15) is 28.2 Å². The second-order valence-electron chi connectivity index (χ2n) is 3.12. The van der Waals surface area contributed by atoms with Gasteiger partial charge in [0.15, 0.2) is 11.4 Å². The minimum Gasteiger partial charge on any atom is -0.276 e. The summed E-state index contributed by atoms with van der Waals surface area (Å²) in [5.41, 5.74) is -6.44. The molecule has 1 rings (SSSR count). The quantitative estimate of drug-likeness (QED) is 0.371. The van der Waals surface area contributed by atoms with Crippen molar-refractivity contribution in [3.05, 3.63) is 33.1 Å². The number of rotatable bonds is 3. The summed E-state index contributed by atoms with van der Waals surface area (Å²) in [6.07, 6.45) is -8.86. The van der Waals surface area contributed by atoms with Crippen LogP contribution < -0.4 is 0 Å². The molecule has 0 saturated carbocycles. The Morgan fingerprint density at radius 3 is 2.26 bits per heavy atom. The van der Waals surface area contributed by atoms with Crippen molar-refractivity contribution in [1.29, 1.82) is 0 Å². The molecule has 0 saturated heterocycles. The highest BCUT2D eigenvalue weighted by atomic mass is 35.5. The molecule has 0 aromatic carbocycles. The monoisotopic (exact) mass is 304 g/mol.